The zero-order chi connectivity index (χ0) is 12.1. The van der Waals surface area contributed by atoms with Crippen LogP contribution in [0.5, 0.6) is 0 Å². The van der Waals surface area contributed by atoms with Gasteiger partial charge in [0, 0.05) is 5.92 Å². The molecule has 0 saturated heterocycles. The van der Waals surface area contributed by atoms with E-state index in [9.17, 15) is 5.11 Å². The standard InChI is InChI=1S/C14H23NO/c1-4-11-6-5-7-12(8-11)14(16)13(9-15)10(2)3/h5-8,10,13-14,16H,4,9,15H2,1-3H3. The third kappa shape index (κ3) is 3.06. The summed E-state index contributed by atoms with van der Waals surface area (Å²) in [6, 6.07) is 8.15. The van der Waals surface area contributed by atoms with E-state index in [2.05, 4.69) is 32.9 Å². The molecule has 0 aliphatic rings. The number of aliphatic hydroxyl groups excluding tert-OH is 1. The number of rotatable bonds is 5. The first-order valence-corrected chi connectivity index (χ1v) is 6.07. The molecule has 0 spiro atoms. The van der Waals surface area contributed by atoms with Gasteiger partial charge in [0.1, 0.15) is 0 Å². The summed E-state index contributed by atoms with van der Waals surface area (Å²) in [5.41, 5.74) is 7.97. The molecule has 0 heterocycles. The average Bonchev–Trinajstić information content (AvgIpc) is 2.29. The molecule has 0 amide bonds. The summed E-state index contributed by atoms with van der Waals surface area (Å²) in [6.07, 6.45) is 0.548. The second kappa shape index (κ2) is 6.02. The lowest BCUT2D eigenvalue weighted by atomic mass is 9.86. The summed E-state index contributed by atoms with van der Waals surface area (Å²) < 4.78 is 0. The predicted molar refractivity (Wildman–Crippen MR) is 68.2 cm³/mol. The van der Waals surface area contributed by atoms with Crippen molar-refractivity contribution < 1.29 is 5.11 Å². The zero-order valence-electron chi connectivity index (χ0n) is 10.5. The maximum atomic E-state index is 10.3. The number of hydrogen-bond donors (Lipinski definition) is 2. The van der Waals surface area contributed by atoms with E-state index in [0.29, 0.717) is 12.5 Å². The summed E-state index contributed by atoms with van der Waals surface area (Å²) in [5, 5.41) is 10.3. The highest BCUT2D eigenvalue weighted by Gasteiger charge is 2.22. The molecule has 16 heavy (non-hydrogen) atoms. The Bertz CT molecular complexity index is 322. The minimum absolute atomic E-state index is 0.132. The van der Waals surface area contributed by atoms with E-state index in [1.807, 2.05) is 12.1 Å². The van der Waals surface area contributed by atoms with Gasteiger partial charge in [-0.15, -0.1) is 0 Å². The van der Waals surface area contributed by atoms with Crippen molar-refractivity contribution in [2.45, 2.75) is 33.3 Å². The molecule has 0 radical (unpaired) electrons. The van der Waals surface area contributed by atoms with Crippen molar-refractivity contribution in [3.8, 4) is 0 Å². The van der Waals surface area contributed by atoms with E-state index in [4.69, 9.17) is 5.73 Å². The minimum atomic E-state index is -0.448. The van der Waals surface area contributed by atoms with Gasteiger partial charge in [0.15, 0.2) is 0 Å². The van der Waals surface area contributed by atoms with Crippen LogP contribution in [0.15, 0.2) is 24.3 Å². The molecule has 0 saturated carbocycles. The first-order valence-electron chi connectivity index (χ1n) is 6.07. The average molecular weight is 221 g/mol. The van der Waals surface area contributed by atoms with E-state index in [1.54, 1.807) is 0 Å². The smallest absolute Gasteiger partial charge is 0.0832 e. The first-order chi connectivity index (χ1) is 7.60. The second-order valence-electron chi connectivity index (χ2n) is 4.69. The lowest BCUT2D eigenvalue weighted by Crippen LogP contribution is -2.26. The highest BCUT2D eigenvalue weighted by molar-refractivity contribution is 5.25. The Morgan fingerprint density at radius 1 is 1.31 bits per heavy atom. The summed E-state index contributed by atoms with van der Waals surface area (Å²) in [4.78, 5) is 0. The van der Waals surface area contributed by atoms with Gasteiger partial charge in [-0.3, -0.25) is 0 Å². The normalized spacial score (nSPS) is 15.1. The number of aliphatic hydroxyl groups is 1. The first kappa shape index (κ1) is 13.2. The Hall–Kier alpha value is -0.860. The lowest BCUT2D eigenvalue weighted by Gasteiger charge is -2.25. The molecule has 2 heteroatoms. The summed E-state index contributed by atoms with van der Waals surface area (Å²) in [5.74, 6) is 0.525. The number of benzene rings is 1. The molecule has 2 atom stereocenters. The lowest BCUT2D eigenvalue weighted by molar-refractivity contribution is 0.0860. The molecule has 3 N–H and O–H groups in total. The van der Waals surface area contributed by atoms with Crippen molar-refractivity contribution in [2.24, 2.45) is 17.6 Å². The Morgan fingerprint density at radius 2 is 2.00 bits per heavy atom. The molecule has 2 nitrogen and oxygen atoms in total. The second-order valence-corrected chi connectivity index (χ2v) is 4.69. The fourth-order valence-electron chi connectivity index (χ4n) is 2.01. The molecule has 1 aromatic rings. The quantitative estimate of drug-likeness (QED) is 0.802. The summed E-state index contributed by atoms with van der Waals surface area (Å²) in [7, 11) is 0. The van der Waals surface area contributed by atoms with Crippen LogP contribution in [0.25, 0.3) is 0 Å². The van der Waals surface area contributed by atoms with E-state index in [1.165, 1.54) is 5.56 Å². The van der Waals surface area contributed by atoms with Crippen molar-refractivity contribution >= 4 is 0 Å². The highest BCUT2D eigenvalue weighted by Crippen LogP contribution is 2.27. The molecule has 2 unspecified atom stereocenters. The van der Waals surface area contributed by atoms with Crippen LogP contribution in [-0.2, 0) is 6.42 Å². The van der Waals surface area contributed by atoms with E-state index >= 15 is 0 Å². The SMILES string of the molecule is CCc1cccc(C(O)C(CN)C(C)C)c1. The third-order valence-electron chi connectivity index (χ3n) is 3.23. The minimum Gasteiger partial charge on any atom is -0.388 e. The largest absolute Gasteiger partial charge is 0.388 e. The van der Waals surface area contributed by atoms with Crippen LogP contribution >= 0.6 is 0 Å². The topological polar surface area (TPSA) is 46.2 Å². The molecule has 0 aliphatic heterocycles. The van der Waals surface area contributed by atoms with Gasteiger partial charge in [0.2, 0.25) is 0 Å². The van der Waals surface area contributed by atoms with Gasteiger partial charge in [-0.05, 0) is 30.0 Å². The van der Waals surface area contributed by atoms with E-state index in [0.717, 1.165) is 12.0 Å². The van der Waals surface area contributed by atoms with Crippen molar-refractivity contribution in [3.05, 3.63) is 35.4 Å². The maximum absolute atomic E-state index is 10.3. The molecule has 0 aliphatic carbocycles. The zero-order valence-corrected chi connectivity index (χ0v) is 10.5. The fraction of sp³-hybridized carbons (Fsp3) is 0.571. The van der Waals surface area contributed by atoms with Crippen LogP contribution in [-0.4, -0.2) is 11.7 Å². The van der Waals surface area contributed by atoms with Gasteiger partial charge in [-0.25, -0.2) is 0 Å². The van der Waals surface area contributed by atoms with E-state index in [-0.39, 0.29) is 5.92 Å². The third-order valence-corrected chi connectivity index (χ3v) is 3.23. The summed E-state index contributed by atoms with van der Waals surface area (Å²) >= 11 is 0. The van der Waals surface area contributed by atoms with Gasteiger partial charge < -0.3 is 10.8 Å². The van der Waals surface area contributed by atoms with Gasteiger partial charge in [0.05, 0.1) is 6.10 Å². The van der Waals surface area contributed by atoms with Crippen LogP contribution in [0.2, 0.25) is 0 Å². The Labute approximate surface area is 98.5 Å². The van der Waals surface area contributed by atoms with E-state index < -0.39 is 6.10 Å². The Balaban J connectivity index is 2.89. The fourth-order valence-corrected chi connectivity index (χ4v) is 2.01. The maximum Gasteiger partial charge on any atom is 0.0832 e. The Morgan fingerprint density at radius 3 is 2.50 bits per heavy atom. The van der Waals surface area contributed by atoms with Crippen LogP contribution < -0.4 is 5.73 Å². The predicted octanol–water partition coefficient (Wildman–Crippen LogP) is 2.51. The van der Waals surface area contributed by atoms with Gasteiger partial charge in [-0.2, -0.15) is 0 Å². The number of nitrogens with two attached hydrogens (primary N) is 1. The van der Waals surface area contributed by atoms with Crippen molar-refractivity contribution in [3.63, 3.8) is 0 Å². The van der Waals surface area contributed by atoms with Crippen LogP contribution in [0.3, 0.4) is 0 Å². The van der Waals surface area contributed by atoms with Gasteiger partial charge in [0.25, 0.3) is 0 Å². The molecular weight excluding hydrogens is 198 g/mol. The number of aryl methyl sites for hydroxylation is 1. The van der Waals surface area contributed by atoms with Gasteiger partial charge >= 0.3 is 0 Å². The van der Waals surface area contributed by atoms with Gasteiger partial charge in [-0.1, -0.05) is 45.0 Å². The summed E-state index contributed by atoms with van der Waals surface area (Å²) in [6.45, 7) is 6.85. The monoisotopic (exact) mass is 221 g/mol. The Kier molecular flexibility index (Phi) is 4.97. The van der Waals surface area contributed by atoms with Crippen LogP contribution in [0.1, 0.15) is 38.0 Å². The molecule has 90 valence electrons. The molecule has 1 rings (SSSR count). The van der Waals surface area contributed by atoms with Crippen molar-refractivity contribution in [2.75, 3.05) is 6.54 Å². The van der Waals surface area contributed by atoms with Crippen molar-refractivity contribution in [1.29, 1.82) is 0 Å². The molecular formula is C14H23NO. The van der Waals surface area contributed by atoms with Crippen LogP contribution in [0.4, 0.5) is 0 Å². The molecule has 1 aromatic carbocycles. The van der Waals surface area contributed by atoms with Crippen molar-refractivity contribution in [1.82, 2.24) is 0 Å². The molecule has 0 bridgehead atoms. The number of hydrogen-bond acceptors (Lipinski definition) is 2. The molecule has 0 fully saturated rings. The van der Waals surface area contributed by atoms with Crippen LogP contribution in [0, 0.1) is 11.8 Å². The highest BCUT2D eigenvalue weighted by atomic mass is 16.3. The molecule has 0 aromatic heterocycles.